The summed E-state index contributed by atoms with van der Waals surface area (Å²) in [4.78, 5) is 23.7. The zero-order valence-corrected chi connectivity index (χ0v) is 14.1. The third-order valence-corrected chi connectivity index (χ3v) is 4.29. The van der Waals surface area contributed by atoms with Crippen LogP contribution in [0, 0.1) is 5.92 Å². The van der Waals surface area contributed by atoms with Crippen LogP contribution in [0.25, 0.3) is 0 Å². The molecule has 0 bridgehead atoms. The van der Waals surface area contributed by atoms with Crippen molar-refractivity contribution < 1.29 is 9.53 Å². The van der Waals surface area contributed by atoms with Gasteiger partial charge in [0.2, 0.25) is 0 Å². The normalized spacial score (nSPS) is 21.1. The molecule has 2 rings (SSSR count). The topological polar surface area (TPSA) is 73.2 Å². The third kappa shape index (κ3) is 5.16. The molecule has 1 aromatic heterocycles. The number of carbonyl (C=O) groups is 1. The van der Waals surface area contributed by atoms with Gasteiger partial charge in [-0.05, 0) is 31.2 Å². The van der Waals surface area contributed by atoms with Gasteiger partial charge < -0.3 is 10.1 Å². The van der Waals surface area contributed by atoms with Gasteiger partial charge in [-0.15, -0.1) is 0 Å². The Balaban J connectivity index is 1.78. The van der Waals surface area contributed by atoms with Gasteiger partial charge in [0.1, 0.15) is 5.69 Å². The molecule has 0 spiro atoms. The summed E-state index contributed by atoms with van der Waals surface area (Å²) in [6.07, 6.45) is 5.95. The predicted octanol–water partition coefficient (Wildman–Crippen LogP) is 1.98. The van der Waals surface area contributed by atoms with Gasteiger partial charge in [-0.3, -0.25) is 9.59 Å². The van der Waals surface area contributed by atoms with Crippen LogP contribution >= 0.6 is 0 Å². The molecule has 1 heterocycles. The smallest absolute Gasteiger partial charge is 0.271 e. The summed E-state index contributed by atoms with van der Waals surface area (Å²) in [7, 11) is 0. The Morgan fingerprint density at radius 3 is 2.91 bits per heavy atom. The Labute approximate surface area is 137 Å². The second kappa shape index (κ2) is 8.82. The Morgan fingerprint density at radius 1 is 1.39 bits per heavy atom. The average Bonchev–Trinajstić information content (AvgIpc) is 2.55. The highest BCUT2D eigenvalue weighted by molar-refractivity contribution is 5.91. The summed E-state index contributed by atoms with van der Waals surface area (Å²) in [5.41, 5.74) is 0.0853. The van der Waals surface area contributed by atoms with Crippen LogP contribution in [0.1, 0.15) is 56.4 Å². The molecule has 0 radical (unpaired) electrons. The van der Waals surface area contributed by atoms with E-state index in [-0.39, 0.29) is 17.2 Å². The number of rotatable bonds is 7. The average molecular weight is 321 g/mol. The molecular weight excluding hydrogens is 294 g/mol. The zero-order valence-electron chi connectivity index (χ0n) is 14.1. The molecule has 2 atom stereocenters. The summed E-state index contributed by atoms with van der Waals surface area (Å²) in [5, 5.41) is 6.89. The lowest BCUT2D eigenvalue weighted by Crippen LogP contribution is -2.33. The Bertz CT molecular complexity index is 570. The second-order valence-electron chi connectivity index (χ2n) is 6.21. The number of aryl methyl sites for hydroxylation is 1. The molecule has 0 aliphatic heterocycles. The van der Waals surface area contributed by atoms with E-state index in [1.54, 1.807) is 0 Å². The maximum atomic E-state index is 12.1. The fourth-order valence-electron chi connectivity index (χ4n) is 2.94. The predicted molar refractivity (Wildman–Crippen MR) is 88.5 cm³/mol. The minimum Gasteiger partial charge on any atom is -0.376 e. The SMILES string of the molecule is CCCn1nc(C(=O)NCCOC2CCCCC2C)ccc1=O. The maximum Gasteiger partial charge on any atom is 0.271 e. The first-order valence-electron chi connectivity index (χ1n) is 8.59. The number of hydrogen-bond acceptors (Lipinski definition) is 4. The fourth-order valence-corrected chi connectivity index (χ4v) is 2.94. The maximum absolute atomic E-state index is 12.1. The molecular formula is C17H27N3O3. The summed E-state index contributed by atoms with van der Waals surface area (Å²) < 4.78 is 7.20. The lowest BCUT2D eigenvalue weighted by Gasteiger charge is -2.28. The lowest BCUT2D eigenvalue weighted by molar-refractivity contribution is -0.00295. The van der Waals surface area contributed by atoms with E-state index in [4.69, 9.17) is 4.74 Å². The van der Waals surface area contributed by atoms with Gasteiger partial charge in [0.25, 0.3) is 11.5 Å². The number of aromatic nitrogens is 2. The molecule has 2 unspecified atom stereocenters. The number of carbonyl (C=O) groups excluding carboxylic acids is 1. The van der Waals surface area contributed by atoms with Crippen LogP contribution in [0.2, 0.25) is 0 Å². The van der Waals surface area contributed by atoms with Crippen molar-refractivity contribution in [2.45, 2.75) is 58.6 Å². The van der Waals surface area contributed by atoms with Gasteiger partial charge in [0.15, 0.2) is 0 Å². The minimum atomic E-state index is -0.268. The van der Waals surface area contributed by atoms with Crippen molar-refractivity contribution >= 4 is 5.91 Å². The van der Waals surface area contributed by atoms with Gasteiger partial charge in [0.05, 0.1) is 12.7 Å². The number of hydrogen-bond donors (Lipinski definition) is 1. The highest BCUT2D eigenvalue weighted by Gasteiger charge is 2.21. The van der Waals surface area contributed by atoms with E-state index in [2.05, 4.69) is 17.3 Å². The van der Waals surface area contributed by atoms with Crippen LogP contribution in [0.15, 0.2) is 16.9 Å². The summed E-state index contributed by atoms with van der Waals surface area (Å²) in [6.45, 7) is 5.67. The lowest BCUT2D eigenvalue weighted by atomic mass is 9.88. The molecule has 0 saturated heterocycles. The van der Waals surface area contributed by atoms with Crippen molar-refractivity contribution in [1.82, 2.24) is 15.1 Å². The fraction of sp³-hybridized carbons (Fsp3) is 0.706. The first kappa shape index (κ1) is 17.7. The molecule has 23 heavy (non-hydrogen) atoms. The van der Waals surface area contributed by atoms with Crippen LogP contribution in [0.5, 0.6) is 0 Å². The quantitative estimate of drug-likeness (QED) is 0.779. The highest BCUT2D eigenvalue weighted by Crippen LogP contribution is 2.25. The molecule has 1 N–H and O–H groups in total. The van der Waals surface area contributed by atoms with Gasteiger partial charge in [-0.1, -0.05) is 26.7 Å². The molecule has 1 aliphatic rings. The molecule has 1 fully saturated rings. The van der Waals surface area contributed by atoms with Crippen molar-refractivity contribution in [2.75, 3.05) is 13.2 Å². The molecule has 1 aromatic rings. The van der Waals surface area contributed by atoms with Crippen molar-refractivity contribution in [3.63, 3.8) is 0 Å². The Morgan fingerprint density at radius 2 is 2.17 bits per heavy atom. The summed E-state index contributed by atoms with van der Waals surface area (Å²) >= 11 is 0. The van der Waals surface area contributed by atoms with E-state index in [1.165, 1.54) is 36.1 Å². The highest BCUT2D eigenvalue weighted by atomic mass is 16.5. The van der Waals surface area contributed by atoms with Gasteiger partial charge in [0, 0.05) is 19.2 Å². The van der Waals surface area contributed by atoms with E-state index in [9.17, 15) is 9.59 Å². The molecule has 6 heteroatoms. The number of amides is 1. The molecule has 1 amide bonds. The van der Waals surface area contributed by atoms with Crippen molar-refractivity contribution in [2.24, 2.45) is 5.92 Å². The van der Waals surface area contributed by atoms with Crippen LogP contribution in [-0.4, -0.2) is 34.9 Å². The summed E-state index contributed by atoms with van der Waals surface area (Å²) in [6, 6.07) is 2.85. The zero-order chi connectivity index (χ0) is 16.7. The van der Waals surface area contributed by atoms with E-state index in [0.29, 0.717) is 31.7 Å². The monoisotopic (exact) mass is 321 g/mol. The Kier molecular flexibility index (Phi) is 6.77. The first-order valence-corrected chi connectivity index (χ1v) is 8.59. The number of ether oxygens (including phenoxy) is 1. The van der Waals surface area contributed by atoms with Crippen LogP contribution < -0.4 is 10.9 Å². The van der Waals surface area contributed by atoms with Gasteiger partial charge in [-0.2, -0.15) is 5.10 Å². The molecule has 1 saturated carbocycles. The molecule has 1 aliphatic carbocycles. The number of nitrogens with one attached hydrogen (secondary N) is 1. The molecule has 0 aromatic carbocycles. The number of nitrogens with zero attached hydrogens (tertiary/aromatic N) is 2. The molecule has 128 valence electrons. The van der Waals surface area contributed by atoms with E-state index >= 15 is 0 Å². The minimum absolute atomic E-state index is 0.182. The van der Waals surface area contributed by atoms with E-state index < -0.39 is 0 Å². The summed E-state index contributed by atoms with van der Waals surface area (Å²) in [5.74, 6) is 0.328. The standard InChI is InChI=1S/C17H27N3O3/c1-3-11-20-16(21)9-8-14(19-20)17(22)18-10-12-23-15-7-5-4-6-13(15)2/h8-9,13,15H,3-7,10-12H2,1-2H3,(H,18,22). The molecule has 6 nitrogen and oxygen atoms in total. The van der Waals surface area contributed by atoms with Crippen molar-refractivity contribution in [1.29, 1.82) is 0 Å². The van der Waals surface area contributed by atoms with Gasteiger partial charge in [-0.25, -0.2) is 4.68 Å². The van der Waals surface area contributed by atoms with Crippen molar-refractivity contribution in [3.8, 4) is 0 Å². The van der Waals surface area contributed by atoms with Gasteiger partial charge >= 0.3 is 0 Å². The van der Waals surface area contributed by atoms with Crippen LogP contribution in [0.4, 0.5) is 0 Å². The Hall–Kier alpha value is -1.69. The van der Waals surface area contributed by atoms with Crippen LogP contribution in [-0.2, 0) is 11.3 Å². The second-order valence-corrected chi connectivity index (χ2v) is 6.21. The largest absolute Gasteiger partial charge is 0.376 e. The third-order valence-electron chi connectivity index (χ3n) is 4.29. The van der Waals surface area contributed by atoms with E-state index in [1.807, 2.05) is 6.92 Å². The van der Waals surface area contributed by atoms with E-state index in [0.717, 1.165) is 12.8 Å². The van der Waals surface area contributed by atoms with Crippen molar-refractivity contribution in [3.05, 3.63) is 28.2 Å². The van der Waals surface area contributed by atoms with Crippen LogP contribution in [0.3, 0.4) is 0 Å². The first-order chi connectivity index (χ1) is 11.1.